The molecule has 1 aromatic carbocycles. The molecule has 0 amide bonds. The Balaban J connectivity index is 2.62. The molecule has 1 heterocycles. The largest absolute Gasteiger partial charge is 0.361 e. The van der Waals surface area contributed by atoms with E-state index in [2.05, 4.69) is 36.0 Å². The molecule has 1 nitrogen and oxygen atoms in total. The fraction of sp³-hybridized carbons (Fsp3) is 0. The molecule has 0 aliphatic heterocycles. The van der Waals surface area contributed by atoms with Gasteiger partial charge in [-0.25, -0.2) is 0 Å². The van der Waals surface area contributed by atoms with Crippen LogP contribution in [0.25, 0.3) is 10.9 Å². The fourth-order valence-electron chi connectivity index (χ4n) is 1.30. The first-order chi connectivity index (χ1) is 5.92. The first-order valence-corrected chi connectivity index (χ1v) is 4.93. The number of benzene rings is 1. The molecule has 2 heteroatoms. The van der Waals surface area contributed by atoms with Crippen LogP contribution in [0.4, 0.5) is 0 Å². The quantitative estimate of drug-likeness (QED) is 0.675. The number of para-hydroxylation sites is 1. The summed E-state index contributed by atoms with van der Waals surface area (Å²) in [4.78, 5) is 3.23. The summed E-state index contributed by atoms with van der Waals surface area (Å²) in [6.45, 7) is 3.74. The number of fused-ring (bicyclic) bond motifs is 1. The van der Waals surface area contributed by atoms with Gasteiger partial charge in [0.05, 0.1) is 0 Å². The summed E-state index contributed by atoms with van der Waals surface area (Å²) in [5.74, 6) is 1.95. The molecule has 12 heavy (non-hydrogen) atoms. The van der Waals surface area contributed by atoms with Crippen LogP contribution in [0.5, 0.6) is 0 Å². The highest BCUT2D eigenvalue weighted by molar-refractivity contribution is 7.51. The van der Waals surface area contributed by atoms with Crippen molar-refractivity contribution in [2.24, 2.45) is 0 Å². The Morgan fingerprint density at radius 3 is 3.00 bits per heavy atom. The zero-order chi connectivity index (χ0) is 8.39. The minimum atomic E-state index is 0.698. The number of hydrogen-bond donors (Lipinski definition) is 1. The summed E-state index contributed by atoms with van der Waals surface area (Å²) < 4.78 is 0. The Kier molecular flexibility index (Phi) is 1.97. The van der Waals surface area contributed by atoms with Crippen LogP contribution >= 0.6 is 8.58 Å². The highest BCUT2D eigenvalue weighted by Gasteiger charge is 1.98. The lowest BCUT2D eigenvalue weighted by Crippen LogP contribution is -1.86. The smallest absolute Gasteiger partial charge is 0.0460 e. The maximum Gasteiger partial charge on any atom is 0.0460 e. The molecule has 2 aromatic rings. The Labute approximate surface area is 73.3 Å². The van der Waals surface area contributed by atoms with Crippen LogP contribution in [0.3, 0.4) is 0 Å². The molecule has 0 aliphatic carbocycles. The second-order valence-corrected chi connectivity index (χ2v) is 3.83. The topological polar surface area (TPSA) is 15.8 Å². The number of aromatic amines is 1. The SMILES string of the molecule is C=CPc1c[nH]c2ccccc12. The Hall–Kier alpha value is -1.07. The molecule has 0 fully saturated rings. The van der Waals surface area contributed by atoms with E-state index in [1.165, 1.54) is 16.2 Å². The van der Waals surface area contributed by atoms with Crippen molar-refractivity contribution in [1.82, 2.24) is 4.98 Å². The van der Waals surface area contributed by atoms with E-state index in [9.17, 15) is 0 Å². The van der Waals surface area contributed by atoms with Gasteiger partial charge in [0, 0.05) is 22.4 Å². The summed E-state index contributed by atoms with van der Waals surface area (Å²) in [5, 5.41) is 2.66. The van der Waals surface area contributed by atoms with Gasteiger partial charge in [0.1, 0.15) is 0 Å². The Morgan fingerprint density at radius 1 is 1.33 bits per heavy atom. The maximum atomic E-state index is 3.74. The van der Waals surface area contributed by atoms with Crippen molar-refractivity contribution in [3.05, 3.63) is 42.9 Å². The predicted octanol–water partition coefficient (Wildman–Crippen LogP) is 2.62. The van der Waals surface area contributed by atoms with Crippen LogP contribution in [0.1, 0.15) is 0 Å². The second-order valence-electron chi connectivity index (χ2n) is 2.60. The highest BCUT2D eigenvalue weighted by atomic mass is 31.1. The van der Waals surface area contributed by atoms with E-state index in [4.69, 9.17) is 0 Å². The van der Waals surface area contributed by atoms with Gasteiger partial charge in [-0.05, 0) is 6.07 Å². The average molecular weight is 175 g/mol. The van der Waals surface area contributed by atoms with Crippen LogP contribution in [0.15, 0.2) is 42.9 Å². The van der Waals surface area contributed by atoms with Gasteiger partial charge in [0.15, 0.2) is 0 Å². The second kappa shape index (κ2) is 3.12. The number of nitrogens with one attached hydrogen (secondary N) is 1. The van der Waals surface area contributed by atoms with E-state index >= 15 is 0 Å². The predicted molar refractivity (Wildman–Crippen MR) is 56.4 cm³/mol. The Bertz CT molecular complexity index is 403. The van der Waals surface area contributed by atoms with Gasteiger partial charge in [-0.3, -0.25) is 0 Å². The molecule has 0 bridgehead atoms. The van der Waals surface area contributed by atoms with E-state index in [0.29, 0.717) is 8.58 Å². The minimum absolute atomic E-state index is 0.698. The standard InChI is InChI=1S/C10H10NP/c1-2-12-10-7-11-9-6-4-3-5-8(9)10/h2-7,11-12H,1H2. The summed E-state index contributed by atoms with van der Waals surface area (Å²) >= 11 is 0. The normalized spacial score (nSPS) is 11.3. The van der Waals surface area contributed by atoms with E-state index in [0.717, 1.165) is 0 Å². The highest BCUT2D eigenvalue weighted by Crippen LogP contribution is 2.18. The van der Waals surface area contributed by atoms with Crippen molar-refractivity contribution < 1.29 is 0 Å². The maximum absolute atomic E-state index is 3.74. The third kappa shape index (κ3) is 1.17. The van der Waals surface area contributed by atoms with Gasteiger partial charge in [-0.2, -0.15) is 0 Å². The molecule has 2 rings (SSSR count). The lowest BCUT2D eigenvalue weighted by Gasteiger charge is -1.91. The lowest BCUT2D eigenvalue weighted by molar-refractivity contribution is 1.49. The van der Waals surface area contributed by atoms with Crippen molar-refractivity contribution >= 4 is 24.8 Å². The zero-order valence-corrected chi connectivity index (χ0v) is 7.67. The van der Waals surface area contributed by atoms with Gasteiger partial charge in [-0.1, -0.05) is 39.2 Å². The third-order valence-electron chi connectivity index (χ3n) is 1.85. The van der Waals surface area contributed by atoms with Crippen LogP contribution < -0.4 is 5.30 Å². The first-order valence-electron chi connectivity index (χ1n) is 3.85. The van der Waals surface area contributed by atoms with Gasteiger partial charge >= 0.3 is 0 Å². The van der Waals surface area contributed by atoms with E-state index in [1.807, 2.05) is 11.9 Å². The minimum Gasteiger partial charge on any atom is -0.361 e. The molecule has 0 radical (unpaired) electrons. The van der Waals surface area contributed by atoms with Crippen LogP contribution in [0, 0.1) is 0 Å². The molecule has 0 saturated carbocycles. The number of aromatic nitrogens is 1. The van der Waals surface area contributed by atoms with Gasteiger partial charge < -0.3 is 4.98 Å². The van der Waals surface area contributed by atoms with Crippen LogP contribution in [-0.2, 0) is 0 Å². The molecular weight excluding hydrogens is 165 g/mol. The number of H-pyrrole nitrogens is 1. The van der Waals surface area contributed by atoms with Gasteiger partial charge in [0.25, 0.3) is 0 Å². The van der Waals surface area contributed by atoms with Crippen molar-refractivity contribution in [3.8, 4) is 0 Å². The van der Waals surface area contributed by atoms with E-state index in [-0.39, 0.29) is 0 Å². The van der Waals surface area contributed by atoms with Gasteiger partial charge in [0.2, 0.25) is 0 Å². The molecular formula is C10H10NP. The van der Waals surface area contributed by atoms with E-state index in [1.54, 1.807) is 0 Å². The summed E-state index contributed by atoms with van der Waals surface area (Å²) in [6.07, 6.45) is 2.06. The zero-order valence-electron chi connectivity index (χ0n) is 6.67. The average Bonchev–Trinajstić information content (AvgIpc) is 2.50. The van der Waals surface area contributed by atoms with Crippen molar-refractivity contribution in [1.29, 1.82) is 0 Å². The fourth-order valence-corrected chi connectivity index (χ4v) is 2.05. The third-order valence-corrected chi connectivity index (χ3v) is 2.78. The monoisotopic (exact) mass is 175 g/mol. The molecule has 1 atom stereocenters. The summed E-state index contributed by atoms with van der Waals surface area (Å²) in [5.41, 5.74) is 1.21. The number of hydrogen-bond acceptors (Lipinski definition) is 0. The molecule has 0 spiro atoms. The molecule has 1 aromatic heterocycles. The van der Waals surface area contributed by atoms with Gasteiger partial charge in [-0.15, -0.1) is 0 Å². The molecule has 0 aliphatic rings. The van der Waals surface area contributed by atoms with Crippen LogP contribution in [-0.4, -0.2) is 4.98 Å². The van der Waals surface area contributed by atoms with E-state index < -0.39 is 0 Å². The molecule has 1 unspecified atom stereocenters. The molecule has 1 N–H and O–H groups in total. The van der Waals surface area contributed by atoms with Crippen molar-refractivity contribution in [2.75, 3.05) is 0 Å². The summed E-state index contributed by atoms with van der Waals surface area (Å²) in [7, 11) is 0.698. The lowest BCUT2D eigenvalue weighted by atomic mass is 10.2. The molecule has 0 saturated heterocycles. The molecule has 60 valence electrons. The summed E-state index contributed by atoms with van der Waals surface area (Å²) in [6, 6.07) is 8.33. The first kappa shape index (κ1) is 7.57. The van der Waals surface area contributed by atoms with Crippen molar-refractivity contribution in [2.45, 2.75) is 0 Å². The van der Waals surface area contributed by atoms with Crippen molar-refractivity contribution in [3.63, 3.8) is 0 Å². The number of rotatable bonds is 2. The Morgan fingerprint density at radius 2 is 2.17 bits per heavy atom. The van der Waals surface area contributed by atoms with Crippen LogP contribution in [0.2, 0.25) is 0 Å².